The zero-order valence-electron chi connectivity index (χ0n) is 14.1. The molecule has 0 aliphatic rings. The molecule has 6 heteroatoms. The Morgan fingerprint density at radius 2 is 2.26 bits per heavy atom. The largest absolute Gasteiger partial charge is 0.469 e. The summed E-state index contributed by atoms with van der Waals surface area (Å²) < 4.78 is 5.35. The van der Waals surface area contributed by atoms with Gasteiger partial charge in [0, 0.05) is 30.6 Å². The first-order valence-corrected chi connectivity index (χ1v) is 8.97. The molecule has 2 N–H and O–H groups in total. The molecule has 126 valence electrons. The maximum Gasteiger partial charge on any atom is 0.191 e. The molecule has 2 aromatic rings. The van der Waals surface area contributed by atoms with E-state index in [1.165, 1.54) is 4.88 Å². The standard InChI is InChI=1S/C17H26N4OS/c1-4-15-11-19-16(23-15)12-21-17(20-10-13(2)3)18-8-7-14-6-5-9-22-14/h5-6,9,11,13H,4,7-8,10,12H2,1-3H3,(H2,18,20,21). The van der Waals surface area contributed by atoms with Crippen LogP contribution >= 0.6 is 11.3 Å². The Morgan fingerprint density at radius 3 is 2.91 bits per heavy atom. The van der Waals surface area contributed by atoms with Gasteiger partial charge in [0.15, 0.2) is 5.96 Å². The van der Waals surface area contributed by atoms with E-state index >= 15 is 0 Å². The predicted molar refractivity (Wildman–Crippen MR) is 95.9 cm³/mol. The van der Waals surface area contributed by atoms with Crippen LogP contribution in [0.4, 0.5) is 0 Å². The van der Waals surface area contributed by atoms with Crippen molar-refractivity contribution in [2.75, 3.05) is 13.1 Å². The lowest BCUT2D eigenvalue weighted by molar-refractivity contribution is 0.506. The summed E-state index contributed by atoms with van der Waals surface area (Å²) in [5.74, 6) is 2.38. The maximum atomic E-state index is 5.35. The average Bonchev–Trinajstić information content (AvgIpc) is 3.20. The van der Waals surface area contributed by atoms with E-state index in [0.29, 0.717) is 12.5 Å². The van der Waals surface area contributed by atoms with Crippen LogP contribution < -0.4 is 10.6 Å². The molecule has 0 aliphatic carbocycles. The summed E-state index contributed by atoms with van der Waals surface area (Å²) in [5, 5.41) is 7.79. The number of nitrogens with one attached hydrogen (secondary N) is 2. The maximum absolute atomic E-state index is 5.35. The van der Waals surface area contributed by atoms with Gasteiger partial charge in [0.2, 0.25) is 0 Å². The first-order chi connectivity index (χ1) is 11.2. The molecule has 5 nitrogen and oxygen atoms in total. The SMILES string of the molecule is CCc1cnc(CN=C(NCCc2ccco2)NCC(C)C)s1. The van der Waals surface area contributed by atoms with Crippen LogP contribution in [0.2, 0.25) is 0 Å². The van der Waals surface area contributed by atoms with E-state index in [1.807, 2.05) is 18.3 Å². The molecule has 0 radical (unpaired) electrons. The highest BCUT2D eigenvalue weighted by Crippen LogP contribution is 2.13. The third-order valence-electron chi connectivity index (χ3n) is 3.24. The van der Waals surface area contributed by atoms with Gasteiger partial charge < -0.3 is 15.1 Å². The Bertz CT molecular complexity index is 590. The second-order valence-corrected chi connectivity index (χ2v) is 6.97. The molecule has 0 atom stereocenters. The molecule has 0 unspecified atom stereocenters. The first kappa shape index (κ1) is 17.5. The van der Waals surface area contributed by atoms with Crippen LogP contribution in [0.5, 0.6) is 0 Å². The molecule has 0 fully saturated rings. The Morgan fingerprint density at radius 1 is 1.39 bits per heavy atom. The number of rotatable bonds is 8. The second-order valence-electron chi connectivity index (χ2n) is 5.77. The third-order valence-corrected chi connectivity index (χ3v) is 4.37. The highest BCUT2D eigenvalue weighted by molar-refractivity contribution is 7.11. The van der Waals surface area contributed by atoms with Crippen molar-refractivity contribution in [1.82, 2.24) is 15.6 Å². The molecule has 0 spiro atoms. The predicted octanol–water partition coefficient (Wildman–Crippen LogP) is 3.23. The van der Waals surface area contributed by atoms with Gasteiger partial charge in [0.25, 0.3) is 0 Å². The van der Waals surface area contributed by atoms with E-state index in [4.69, 9.17) is 4.42 Å². The number of hydrogen-bond acceptors (Lipinski definition) is 4. The van der Waals surface area contributed by atoms with Gasteiger partial charge in [-0.15, -0.1) is 11.3 Å². The van der Waals surface area contributed by atoms with Crippen LogP contribution in [0.1, 0.15) is 36.4 Å². The molecule has 0 saturated carbocycles. The van der Waals surface area contributed by atoms with Crippen molar-refractivity contribution in [2.24, 2.45) is 10.9 Å². The van der Waals surface area contributed by atoms with E-state index in [1.54, 1.807) is 17.6 Å². The third kappa shape index (κ3) is 6.44. The smallest absolute Gasteiger partial charge is 0.191 e. The van der Waals surface area contributed by atoms with E-state index < -0.39 is 0 Å². The minimum absolute atomic E-state index is 0.568. The van der Waals surface area contributed by atoms with Crippen LogP contribution in [0.15, 0.2) is 34.0 Å². The van der Waals surface area contributed by atoms with Gasteiger partial charge in [-0.25, -0.2) is 9.98 Å². The number of aryl methyl sites for hydroxylation is 1. The number of aromatic nitrogens is 1. The summed E-state index contributed by atoms with van der Waals surface area (Å²) in [4.78, 5) is 10.4. The molecule has 0 bridgehead atoms. The summed E-state index contributed by atoms with van der Waals surface area (Å²) in [6.45, 7) is 8.80. The number of nitrogens with zero attached hydrogens (tertiary/aromatic N) is 2. The summed E-state index contributed by atoms with van der Waals surface area (Å²) in [6.07, 6.45) is 5.52. The quantitative estimate of drug-likeness (QED) is 0.575. The molecule has 0 amide bonds. The topological polar surface area (TPSA) is 62.5 Å². The Kier molecular flexibility index (Phi) is 7.13. The van der Waals surface area contributed by atoms with Gasteiger partial charge >= 0.3 is 0 Å². The highest BCUT2D eigenvalue weighted by Gasteiger charge is 2.04. The van der Waals surface area contributed by atoms with E-state index in [9.17, 15) is 0 Å². The Balaban J connectivity index is 1.87. The summed E-state index contributed by atoms with van der Waals surface area (Å²) >= 11 is 1.73. The molecule has 2 heterocycles. The van der Waals surface area contributed by atoms with E-state index in [-0.39, 0.29) is 0 Å². The fourth-order valence-electron chi connectivity index (χ4n) is 1.97. The van der Waals surface area contributed by atoms with Crippen molar-refractivity contribution >= 4 is 17.3 Å². The van der Waals surface area contributed by atoms with Gasteiger partial charge in [0.05, 0.1) is 12.8 Å². The molecular weight excluding hydrogens is 308 g/mol. The summed E-state index contributed by atoms with van der Waals surface area (Å²) in [6, 6.07) is 3.90. The summed E-state index contributed by atoms with van der Waals surface area (Å²) in [7, 11) is 0. The Hall–Kier alpha value is -1.82. The lowest BCUT2D eigenvalue weighted by atomic mass is 10.2. The number of thiazole rings is 1. The normalized spacial score (nSPS) is 11.9. The molecule has 2 rings (SSSR count). The molecule has 0 saturated heterocycles. The van der Waals surface area contributed by atoms with Crippen molar-refractivity contribution in [3.8, 4) is 0 Å². The number of aliphatic imine (C=N–C) groups is 1. The average molecular weight is 334 g/mol. The second kappa shape index (κ2) is 9.35. The lowest BCUT2D eigenvalue weighted by Gasteiger charge is -2.13. The van der Waals surface area contributed by atoms with Crippen molar-refractivity contribution in [2.45, 2.75) is 40.2 Å². The van der Waals surface area contributed by atoms with Crippen LogP contribution in [-0.2, 0) is 19.4 Å². The lowest BCUT2D eigenvalue weighted by Crippen LogP contribution is -2.40. The first-order valence-electron chi connectivity index (χ1n) is 8.15. The summed E-state index contributed by atoms with van der Waals surface area (Å²) in [5.41, 5.74) is 0. The van der Waals surface area contributed by atoms with Crippen molar-refractivity contribution < 1.29 is 4.42 Å². The molecular formula is C17H26N4OS. The van der Waals surface area contributed by atoms with Crippen LogP contribution in [-0.4, -0.2) is 24.0 Å². The molecule has 0 aromatic carbocycles. The monoisotopic (exact) mass is 334 g/mol. The molecule has 0 aliphatic heterocycles. The highest BCUT2D eigenvalue weighted by atomic mass is 32.1. The number of guanidine groups is 1. The minimum Gasteiger partial charge on any atom is -0.469 e. The van der Waals surface area contributed by atoms with Gasteiger partial charge in [-0.3, -0.25) is 0 Å². The number of hydrogen-bond donors (Lipinski definition) is 2. The van der Waals surface area contributed by atoms with Crippen molar-refractivity contribution in [1.29, 1.82) is 0 Å². The zero-order chi connectivity index (χ0) is 16.5. The molecule has 23 heavy (non-hydrogen) atoms. The van der Waals surface area contributed by atoms with Crippen LogP contribution in [0.25, 0.3) is 0 Å². The van der Waals surface area contributed by atoms with Crippen molar-refractivity contribution in [3.05, 3.63) is 40.2 Å². The minimum atomic E-state index is 0.568. The van der Waals surface area contributed by atoms with Crippen LogP contribution in [0, 0.1) is 5.92 Å². The van der Waals surface area contributed by atoms with Gasteiger partial charge in [0.1, 0.15) is 10.8 Å². The fraction of sp³-hybridized carbons (Fsp3) is 0.529. The number of furan rings is 1. The fourth-order valence-corrected chi connectivity index (χ4v) is 2.75. The van der Waals surface area contributed by atoms with Gasteiger partial charge in [-0.1, -0.05) is 20.8 Å². The van der Waals surface area contributed by atoms with Crippen molar-refractivity contribution in [3.63, 3.8) is 0 Å². The van der Waals surface area contributed by atoms with E-state index in [0.717, 1.165) is 42.7 Å². The Labute approximate surface area is 142 Å². The van der Waals surface area contributed by atoms with E-state index in [2.05, 4.69) is 41.4 Å². The zero-order valence-corrected chi connectivity index (χ0v) is 14.9. The molecule has 2 aromatic heterocycles. The van der Waals surface area contributed by atoms with Gasteiger partial charge in [-0.05, 0) is 24.5 Å². The van der Waals surface area contributed by atoms with Crippen LogP contribution in [0.3, 0.4) is 0 Å². The van der Waals surface area contributed by atoms with Gasteiger partial charge in [-0.2, -0.15) is 0 Å².